The molecule has 14 heavy (non-hydrogen) atoms. The molecule has 6 heteroatoms. The van der Waals surface area contributed by atoms with E-state index in [1.165, 1.54) is 0 Å². The lowest BCUT2D eigenvalue weighted by molar-refractivity contribution is 0.0622. The van der Waals surface area contributed by atoms with E-state index in [2.05, 4.69) is 4.98 Å². The highest BCUT2D eigenvalue weighted by molar-refractivity contribution is 6.30. The Balaban J connectivity index is 3.24. The standard InChI is InChI=1S/C8H8ClF3N2/c1-8(13,7(11)12)5-2-4(10)3-14-6(5)9/h2-3,7H,13H2,1H3. The smallest absolute Gasteiger partial charge is 0.260 e. The summed E-state index contributed by atoms with van der Waals surface area (Å²) in [7, 11) is 0. The second kappa shape index (κ2) is 3.74. The number of hydrogen-bond donors (Lipinski definition) is 1. The van der Waals surface area contributed by atoms with Crippen molar-refractivity contribution in [2.24, 2.45) is 5.73 Å². The zero-order chi connectivity index (χ0) is 10.9. The molecule has 1 unspecified atom stereocenters. The Kier molecular flexibility index (Phi) is 3.01. The van der Waals surface area contributed by atoms with Crippen LogP contribution in [-0.2, 0) is 5.54 Å². The molecule has 0 aliphatic carbocycles. The van der Waals surface area contributed by atoms with E-state index in [1.54, 1.807) is 0 Å². The van der Waals surface area contributed by atoms with Crippen LogP contribution in [0.2, 0.25) is 5.15 Å². The molecule has 0 saturated carbocycles. The van der Waals surface area contributed by atoms with Gasteiger partial charge >= 0.3 is 0 Å². The van der Waals surface area contributed by atoms with Crippen LogP contribution in [0, 0.1) is 5.82 Å². The number of pyridine rings is 1. The maximum Gasteiger partial charge on any atom is 0.260 e. The highest BCUT2D eigenvalue weighted by Crippen LogP contribution is 2.29. The maximum atomic E-state index is 12.7. The first kappa shape index (κ1) is 11.3. The molecule has 0 spiro atoms. The van der Waals surface area contributed by atoms with Crippen molar-refractivity contribution >= 4 is 11.6 Å². The van der Waals surface area contributed by atoms with Crippen molar-refractivity contribution in [3.63, 3.8) is 0 Å². The van der Waals surface area contributed by atoms with E-state index in [-0.39, 0.29) is 10.7 Å². The topological polar surface area (TPSA) is 38.9 Å². The van der Waals surface area contributed by atoms with E-state index in [0.717, 1.165) is 19.2 Å². The lowest BCUT2D eigenvalue weighted by Crippen LogP contribution is -2.41. The molecule has 1 rings (SSSR count). The predicted octanol–water partition coefficient (Wildman–Crippen LogP) is 2.31. The summed E-state index contributed by atoms with van der Waals surface area (Å²) in [6, 6.07) is 0.863. The summed E-state index contributed by atoms with van der Waals surface area (Å²) < 4.78 is 37.7. The number of alkyl halides is 2. The van der Waals surface area contributed by atoms with Crippen molar-refractivity contribution in [1.29, 1.82) is 0 Å². The first-order valence-corrected chi connectivity index (χ1v) is 4.12. The Labute approximate surface area is 83.9 Å². The lowest BCUT2D eigenvalue weighted by Gasteiger charge is -2.24. The van der Waals surface area contributed by atoms with Crippen LogP contribution in [0.15, 0.2) is 12.3 Å². The fourth-order valence-corrected chi connectivity index (χ4v) is 1.22. The number of aromatic nitrogens is 1. The molecule has 2 N–H and O–H groups in total. The Bertz CT molecular complexity index is 341. The Morgan fingerprint density at radius 3 is 2.64 bits per heavy atom. The van der Waals surface area contributed by atoms with Crippen molar-refractivity contribution in [3.05, 3.63) is 28.8 Å². The fourth-order valence-electron chi connectivity index (χ4n) is 0.918. The molecular weight excluding hydrogens is 217 g/mol. The molecule has 2 nitrogen and oxygen atoms in total. The van der Waals surface area contributed by atoms with Gasteiger partial charge in [-0.25, -0.2) is 18.2 Å². The van der Waals surface area contributed by atoms with Crippen molar-refractivity contribution in [2.45, 2.75) is 18.9 Å². The first-order chi connectivity index (χ1) is 6.35. The molecule has 0 bridgehead atoms. The largest absolute Gasteiger partial charge is 0.317 e. The van der Waals surface area contributed by atoms with E-state index in [0.29, 0.717) is 0 Å². The fraction of sp³-hybridized carbons (Fsp3) is 0.375. The second-order valence-corrected chi connectivity index (χ2v) is 3.43. The van der Waals surface area contributed by atoms with Crippen LogP contribution >= 0.6 is 11.6 Å². The quantitative estimate of drug-likeness (QED) is 0.783. The van der Waals surface area contributed by atoms with Gasteiger partial charge in [0.2, 0.25) is 0 Å². The summed E-state index contributed by atoms with van der Waals surface area (Å²) in [6.07, 6.45) is -2.00. The third-order valence-electron chi connectivity index (χ3n) is 1.84. The van der Waals surface area contributed by atoms with Crippen LogP contribution in [0.1, 0.15) is 12.5 Å². The van der Waals surface area contributed by atoms with E-state index < -0.39 is 17.8 Å². The van der Waals surface area contributed by atoms with Crippen LogP contribution in [0.5, 0.6) is 0 Å². The number of rotatable bonds is 2. The van der Waals surface area contributed by atoms with Gasteiger partial charge in [0.1, 0.15) is 16.5 Å². The minimum Gasteiger partial charge on any atom is -0.317 e. The average Bonchev–Trinajstić information content (AvgIpc) is 2.08. The molecular formula is C8H8ClF3N2. The number of nitrogens with two attached hydrogens (primary N) is 1. The van der Waals surface area contributed by atoms with Crippen LogP contribution in [0.3, 0.4) is 0 Å². The monoisotopic (exact) mass is 224 g/mol. The normalized spacial score (nSPS) is 15.6. The summed E-state index contributed by atoms with van der Waals surface area (Å²) in [4.78, 5) is 3.40. The number of hydrogen-bond acceptors (Lipinski definition) is 2. The van der Waals surface area contributed by atoms with Crippen molar-refractivity contribution in [3.8, 4) is 0 Å². The summed E-state index contributed by atoms with van der Waals surface area (Å²) >= 11 is 5.53. The van der Waals surface area contributed by atoms with Gasteiger partial charge in [0.05, 0.1) is 6.20 Å². The second-order valence-electron chi connectivity index (χ2n) is 3.08. The molecule has 78 valence electrons. The SMILES string of the molecule is CC(N)(c1cc(F)cnc1Cl)C(F)F. The van der Waals surface area contributed by atoms with Gasteiger partial charge in [0.25, 0.3) is 6.43 Å². The number of nitrogens with zero attached hydrogens (tertiary/aromatic N) is 1. The molecule has 0 amide bonds. The number of halogens is 4. The average molecular weight is 225 g/mol. The van der Waals surface area contributed by atoms with Crippen molar-refractivity contribution < 1.29 is 13.2 Å². The molecule has 1 atom stereocenters. The molecule has 0 radical (unpaired) electrons. The van der Waals surface area contributed by atoms with Crippen LogP contribution in [0.25, 0.3) is 0 Å². The molecule has 0 aromatic carbocycles. The minimum absolute atomic E-state index is 0.200. The van der Waals surface area contributed by atoms with Gasteiger partial charge in [-0.15, -0.1) is 0 Å². The summed E-state index contributed by atoms with van der Waals surface area (Å²) in [6.45, 7) is 1.07. The van der Waals surface area contributed by atoms with Gasteiger partial charge in [0, 0.05) is 5.56 Å². The van der Waals surface area contributed by atoms with Crippen molar-refractivity contribution in [2.75, 3.05) is 0 Å². The van der Waals surface area contributed by atoms with Gasteiger partial charge in [-0.1, -0.05) is 11.6 Å². The molecule has 0 aliphatic rings. The van der Waals surface area contributed by atoms with Crippen LogP contribution < -0.4 is 5.73 Å². The lowest BCUT2D eigenvalue weighted by atomic mass is 9.95. The third-order valence-corrected chi connectivity index (χ3v) is 2.14. The van der Waals surface area contributed by atoms with Gasteiger partial charge in [0.15, 0.2) is 0 Å². The minimum atomic E-state index is -2.84. The highest BCUT2D eigenvalue weighted by atomic mass is 35.5. The van der Waals surface area contributed by atoms with Gasteiger partial charge in [-0.2, -0.15) is 0 Å². The molecule has 0 saturated heterocycles. The molecule has 1 aromatic heterocycles. The van der Waals surface area contributed by atoms with E-state index >= 15 is 0 Å². The van der Waals surface area contributed by atoms with E-state index in [1.807, 2.05) is 0 Å². The van der Waals surface area contributed by atoms with Crippen molar-refractivity contribution in [1.82, 2.24) is 4.98 Å². The summed E-state index contributed by atoms with van der Waals surface area (Å²) in [5, 5.41) is -0.211. The Morgan fingerprint density at radius 1 is 1.57 bits per heavy atom. The molecule has 1 heterocycles. The summed E-state index contributed by atoms with van der Waals surface area (Å²) in [5.74, 6) is -0.748. The Hall–Kier alpha value is -0.810. The zero-order valence-electron chi connectivity index (χ0n) is 7.27. The first-order valence-electron chi connectivity index (χ1n) is 3.74. The molecule has 1 aromatic rings. The van der Waals surface area contributed by atoms with E-state index in [9.17, 15) is 13.2 Å². The third kappa shape index (κ3) is 1.99. The van der Waals surface area contributed by atoms with Gasteiger partial charge < -0.3 is 5.73 Å². The maximum absolute atomic E-state index is 12.7. The predicted molar refractivity (Wildman–Crippen MR) is 46.7 cm³/mol. The Morgan fingerprint density at radius 2 is 2.14 bits per heavy atom. The van der Waals surface area contributed by atoms with Crippen LogP contribution in [0.4, 0.5) is 13.2 Å². The highest BCUT2D eigenvalue weighted by Gasteiger charge is 2.35. The van der Waals surface area contributed by atoms with Gasteiger partial charge in [-0.3, -0.25) is 0 Å². The molecule has 0 fully saturated rings. The van der Waals surface area contributed by atoms with Gasteiger partial charge in [-0.05, 0) is 13.0 Å². The van der Waals surface area contributed by atoms with Crippen LogP contribution in [-0.4, -0.2) is 11.4 Å². The zero-order valence-corrected chi connectivity index (χ0v) is 8.02. The molecule has 0 aliphatic heterocycles. The summed E-state index contributed by atoms with van der Waals surface area (Å²) in [5.41, 5.74) is 3.12. The van der Waals surface area contributed by atoms with E-state index in [4.69, 9.17) is 17.3 Å².